The molecule has 28 nitrogen and oxygen atoms in total. The summed E-state index contributed by atoms with van der Waals surface area (Å²) in [6.07, 6.45) is 18.2. The Balaban J connectivity index is 0.000000102. The topological polar surface area (TPSA) is 356 Å². The normalized spacial score (nSPS) is 21.4. The van der Waals surface area contributed by atoms with Gasteiger partial charge in [0.15, 0.2) is 0 Å². The second kappa shape index (κ2) is 31.8. The summed E-state index contributed by atoms with van der Waals surface area (Å²) in [4.78, 5) is 59.9. The molecule has 13 N–H and O–H groups in total. The van der Waals surface area contributed by atoms with Gasteiger partial charge in [-0.15, -0.1) is 0 Å². The van der Waals surface area contributed by atoms with Gasteiger partial charge >= 0.3 is 24.0 Å². The van der Waals surface area contributed by atoms with Gasteiger partial charge in [-0.2, -0.15) is 39.9 Å². The highest BCUT2D eigenvalue weighted by atomic mass is 19.1. The summed E-state index contributed by atoms with van der Waals surface area (Å²) in [5.74, 6) is 6.56. The number of fused-ring (bicyclic) bond motifs is 15. The maximum absolute atomic E-state index is 14.5. The molecule has 12 heterocycles. The van der Waals surface area contributed by atoms with Crippen LogP contribution in [-0.4, -0.2) is 160 Å². The van der Waals surface area contributed by atoms with E-state index >= 15 is 0 Å². The van der Waals surface area contributed by atoms with E-state index in [0.29, 0.717) is 78.4 Å². The third-order valence-corrected chi connectivity index (χ3v) is 28.9. The highest BCUT2D eigenvalue weighted by Gasteiger charge is 2.57. The molecule has 32 heteroatoms. The number of rotatable bonds is 16. The number of pyridine rings is 3. The monoisotopic (exact) mass is 1750 g/mol. The van der Waals surface area contributed by atoms with Crippen molar-refractivity contribution in [1.29, 1.82) is 0 Å². The molecule has 6 unspecified atom stereocenters. The summed E-state index contributed by atoms with van der Waals surface area (Å²) < 4.78 is 82.1. The number of piperidine rings is 1. The van der Waals surface area contributed by atoms with Gasteiger partial charge in [0.2, 0.25) is 0 Å². The first kappa shape index (κ1) is 82.3. The van der Waals surface area contributed by atoms with Crippen molar-refractivity contribution in [3.8, 4) is 91.5 Å². The fourth-order valence-corrected chi connectivity index (χ4v) is 21.6. The fraction of sp³-hybridized carbons (Fsp3) is 0.357. The molecule has 25 rings (SSSR count). The van der Waals surface area contributed by atoms with Gasteiger partial charge in [-0.05, 0) is 222 Å². The van der Waals surface area contributed by atoms with Crippen molar-refractivity contribution in [2.75, 3.05) is 121 Å². The minimum atomic E-state index is -0.283. The van der Waals surface area contributed by atoms with E-state index in [1.807, 2.05) is 71.3 Å². The average molecular weight is 1750 g/mol. The third-order valence-electron chi connectivity index (χ3n) is 28.9. The average Bonchev–Trinajstić information content (AvgIpc) is 1.11. The lowest BCUT2D eigenvalue weighted by Gasteiger charge is -2.60. The number of anilines is 8. The Morgan fingerprint density at radius 2 is 0.792 bits per heavy atom. The number of halogens is 4. The van der Waals surface area contributed by atoms with Crippen molar-refractivity contribution in [2.45, 2.75) is 109 Å². The maximum atomic E-state index is 14.5. The Hall–Kier alpha value is -13.4. The van der Waals surface area contributed by atoms with Gasteiger partial charge in [-0.3, -0.25) is 15.0 Å². The molecule has 0 amide bonds. The molecular weight excluding hydrogens is 1650 g/mol. The van der Waals surface area contributed by atoms with Crippen LogP contribution in [0.15, 0.2) is 129 Å². The van der Waals surface area contributed by atoms with E-state index in [9.17, 15) is 17.6 Å². The zero-order valence-electron chi connectivity index (χ0n) is 73.3. The maximum Gasteiger partial charge on any atom is 0.324 e. The van der Waals surface area contributed by atoms with Crippen molar-refractivity contribution in [2.24, 2.45) is 57.4 Å². The largest absolute Gasteiger partial charge is 0.424 e. The van der Waals surface area contributed by atoms with Crippen molar-refractivity contribution < 1.29 is 36.5 Å². The number of nitrogens with two attached hydrogens (primary N) is 4. The molecule has 4 saturated heterocycles. The summed E-state index contributed by atoms with van der Waals surface area (Å²) in [5, 5.41) is 15.8. The van der Waals surface area contributed by atoms with Gasteiger partial charge in [0.1, 0.15) is 69.5 Å². The predicted molar refractivity (Wildman–Crippen MR) is 491 cm³/mol. The Kier molecular flexibility index (Phi) is 20.1. The Morgan fingerprint density at radius 1 is 0.408 bits per heavy atom. The third kappa shape index (κ3) is 14.6. The zero-order chi connectivity index (χ0) is 89.2. The summed E-state index contributed by atoms with van der Waals surface area (Å²) in [7, 11) is 7.23. The Morgan fingerprint density at radius 3 is 1.15 bits per heavy atom. The van der Waals surface area contributed by atoms with Crippen molar-refractivity contribution in [3.05, 3.63) is 225 Å². The zero-order valence-corrected chi connectivity index (χ0v) is 73.3. The quantitative estimate of drug-likeness (QED) is 0.0406. The molecule has 7 aromatic heterocycles. The van der Waals surface area contributed by atoms with E-state index in [2.05, 4.69) is 67.7 Å². The van der Waals surface area contributed by atoms with Crippen LogP contribution in [0.2, 0.25) is 0 Å². The van der Waals surface area contributed by atoms with E-state index in [1.54, 1.807) is 75.5 Å². The number of ether oxygens (including phenoxy) is 4. The first-order valence-corrected chi connectivity index (χ1v) is 44.6. The minimum absolute atomic E-state index is 0.111. The minimum Gasteiger partial charge on any atom is -0.424 e. The second-order valence-corrected chi connectivity index (χ2v) is 37.1. The molecule has 13 aliphatic rings. The van der Waals surface area contributed by atoms with Crippen LogP contribution in [0.4, 0.5) is 63.6 Å². The molecule has 2 spiro atoms. The number of nitrogens with one attached hydrogen (secondary N) is 5. The number of nitrogens with zero attached hydrogens (tertiary/aromatic N) is 15. The Bertz CT molecular complexity index is 6660. The molecule has 664 valence electrons. The van der Waals surface area contributed by atoms with Crippen LogP contribution >= 0.6 is 0 Å². The van der Waals surface area contributed by atoms with Crippen LogP contribution in [0, 0.1) is 78.5 Å². The second-order valence-electron chi connectivity index (χ2n) is 37.1. The van der Waals surface area contributed by atoms with Crippen LogP contribution in [0.3, 0.4) is 0 Å². The van der Waals surface area contributed by atoms with Crippen molar-refractivity contribution in [3.63, 3.8) is 0 Å². The number of aromatic nitrogens is 11. The summed E-state index contributed by atoms with van der Waals surface area (Å²) in [6.45, 7) is 17.5. The lowest BCUT2D eigenvalue weighted by atomic mass is 9.60. The summed E-state index contributed by atoms with van der Waals surface area (Å²) in [6, 6.07) is 26.1. The molecule has 130 heavy (non-hydrogen) atoms. The fourth-order valence-electron chi connectivity index (χ4n) is 21.6. The highest BCUT2D eigenvalue weighted by molar-refractivity contribution is 5.93. The molecule has 8 aliphatic carbocycles. The van der Waals surface area contributed by atoms with Gasteiger partial charge in [0.25, 0.3) is 0 Å². The van der Waals surface area contributed by atoms with Gasteiger partial charge in [0.05, 0.1) is 41.4 Å². The number of hydrogen-bond donors (Lipinski definition) is 9. The van der Waals surface area contributed by atoms with Crippen LogP contribution in [-0.2, 0) is 32.2 Å². The molecule has 0 bridgehead atoms. The lowest BCUT2D eigenvalue weighted by Crippen LogP contribution is -2.69. The van der Waals surface area contributed by atoms with Crippen molar-refractivity contribution in [1.82, 2.24) is 60.1 Å². The highest BCUT2D eigenvalue weighted by Crippen LogP contribution is 2.58. The lowest BCUT2D eigenvalue weighted by molar-refractivity contribution is 0.0558. The number of aryl methyl sites for hydroxylation is 3. The summed E-state index contributed by atoms with van der Waals surface area (Å²) in [5.41, 5.74) is 49.3. The van der Waals surface area contributed by atoms with E-state index in [-0.39, 0.29) is 76.3 Å². The molecule has 8 fully saturated rings. The molecule has 0 radical (unpaired) electrons. The SMILES string of the molecule is C=C1NCc2ccc(Oc3nc4c(c(N5CC6(CCC6N)C5)n3)-c3cc(F)cc(NC)c3C4)cc21.CNc1cc(F)cc2c1Cc1nc(Oc3cncc(C)c3)nc(N3CC4C(N)C4C3)c1-2.CNc1cc(F)cc2c1Cc1nc(Oc3cncc(C)c3)nc(N3CC4CC(N)C4C3)c1-2.CNc1cc(F)cc2c1Cc1nc(Oc3cncc(C)c3)nc(N3C[C@H](N)C4(CC4)C3)c1-2. The van der Waals surface area contributed by atoms with E-state index in [1.165, 1.54) is 29.8 Å². The van der Waals surface area contributed by atoms with Crippen molar-refractivity contribution >= 4 is 51.7 Å². The summed E-state index contributed by atoms with van der Waals surface area (Å²) >= 11 is 0. The smallest absolute Gasteiger partial charge is 0.324 e. The standard InChI is InChI=1S/C27H27FN6O.2C24H25FN6O.C23H23FN6O/c1-14-18-9-17(4-3-15(18)11-31-14)35-26-32-22-10-19-20(7-16(28)8-21(19)30-2)24(22)25(33-26)34-12-27(13-34)6-5-23(27)29;1-12-3-15(9-28-8-12)32-24-29-21-7-16-17(5-14(25)6-20(16)27-2)22(21)23(30-24)31-10-13-4-19(26)18(13)11-31;1-13-5-15(10-28-9-13)32-23-29-19-8-16-17(6-14(25)7-18(16)27-2)21(19)22(30-23)31-11-20(26)24(12-31)3-4-24;1-11-3-13(8-27-7-11)31-23-28-19-6-14-15(4-12(24)5-18(14)26-2)20(19)22(29-23)30-9-16-17(10-30)21(16)25/h3-4,7-9,23,30-31H,1,5-6,10-13,29H2,2H3;3,5-6,8-9,13,18-19,27H,4,7,10-11,26H2,1-2H3;5-7,9-10,20,27H,3-4,8,11-12,26H2,1-2H3;3-5,7-8,16-17,21,26H,6,9-10,25H2,1-2H3/t;;20-;/m..0./s1. The van der Waals surface area contributed by atoms with E-state index < -0.39 is 0 Å². The van der Waals surface area contributed by atoms with E-state index in [0.717, 1.165) is 255 Å². The number of benzene rings is 5. The molecule has 5 aliphatic heterocycles. The predicted octanol–water partition coefficient (Wildman–Crippen LogP) is 14.3. The molecule has 5 aromatic carbocycles. The van der Waals surface area contributed by atoms with Gasteiger partial charge in [-0.1, -0.05) is 12.6 Å². The molecule has 4 saturated carbocycles. The van der Waals surface area contributed by atoms with Crippen LogP contribution in [0.5, 0.6) is 47.0 Å². The van der Waals surface area contributed by atoms with Crippen LogP contribution in [0.1, 0.15) is 105 Å². The first-order valence-electron chi connectivity index (χ1n) is 44.6. The molecule has 7 atom stereocenters. The van der Waals surface area contributed by atoms with E-state index in [4.69, 9.17) is 81.8 Å². The van der Waals surface area contributed by atoms with Crippen LogP contribution in [0.25, 0.3) is 50.2 Å². The van der Waals surface area contributed by atoms with Gasteiger partial charge in [0, 0.05) is 223 Å². The number of hydrogen-bond acceptors (Lipinski definition) is 28. The molecular formula is C98H100F4N24O4. The van der Waals surface area contributed by atoms with Gasteiger partial charge in [-0.25, -0.2) is 17.6 Å². The van der Waals surface area contributed by atoms with Crippen LogP contribution < -0.4 is 88.1 Å². The Labute approximate surface area is 748 Å². The molecule has 12 aromatic rings. The first-order chi connectivity index (χ1) is 62.9. The van der Waals surface area contributed by atoms with Gasteiger partial charge < -0.3 is 88.1 Å².